The predicted molar refractivity (Wildman–Crippen MR) is 75.9 cm³/mol. The van der Waals surface area contributed by atoms with Crippen LogP contribution in [0.3, 0.4) is 0 Å². The Kier molecular flexibility index (Phi) is 6.73. The van der Waals surface area contributed by atoms with E-state index in [0.29, 0.717) is 17.7 Å². The monoisotopic (exact) mass is 279 g/mol. The summed E-state index contributed by atoms with van der Waals surface area (Å²) in [7, 11) is 1.32. The van der Waals surface area contributed by atoms with E-state index in [1.54, 1.807) is 24.3 Å². The molecule has 110 valence electrons. The van der Waals surface area contributed by atoms with Crippen molar-refractivity contribution in [1.29, 1.82) is 0 Å². The number of likely N-dealkylation sites (N-methyl/N-ethyl adjacent to an activating group) is 1. The van der Waals surface area contributed by atoms with Gasteiger partial charge in [0.05, 0.1) is 18.2 Å². The molecule has 0 radical (unpaired) electrons. The van der Waals surface area contributed by atoms with Gasteiger partial charge in [-0.15, -0.1) is 0 Å². The Hall–Kier alpha value is -1.88. The zero-order valence-corrected chi connectivity index (χ0v) is 12.2. The summed E-state index contributed by atoms with van der Waals surface area (Å²) < 4.78 is 9.78. The Bertz CT molecular complexity index is 438. The van der Waals surface area contributed by atoms with Gasteiger partial charge in [0.15, 0.2) is 0 Å². The molecule has 5 heteroatoms. The van der Waals surface area contributed by atoms with Crippen molar-refractivity contribution in [3.05, 3.63) is 35.4 Å². The standard InChI is InChI=1S/C15H21NO4/c1-4-16(5-2)10-11-20-15(18)13-8-6-12(7-9-13)14(17)19-3/h6-9H,4-5,10-11H2,1-3H3. The number of ether oxygens (including phenoxy) is 2. The minimum atomic E-state index is -0.425. The molecule has 0 aromatic heterocycles. The van der Waals surface area contributed by atoms with E-state index in [-0.39, 0.29) is 5.97 Å². The topological polar surface area (TPSA) is 55.8 Å². The Morgan fingerprint density at radius 3 is 1.95 bits per heavy atom. The van der Waals surface area contributed by atoms with Gasteiger partial charge in [0.2, 0.25) is 0 Å². The van der Waals surface area contributed by atoms with Gasteiger partial charge in [0.1, 0.15) is 6.61 Å². The van der Waals surface area contributed by atoms with Crippen molar-refractivity contribution < 1.29 is 19.1 Å². The zero-order valence-electron chi connectivity index (χ0n) is 12.2. The van der Waals surface area contributed by atoms with Crippen molar-refractivity contribution in [3.8, 4) is 0 Å². The van der Waals surface area contributed by atoms with Crippen LogP contribution in [-0.2, 0) is 9.47 Å². The Balaban J connectivity index is 2.49. The van der Waals surface area contributed by atoms with Crippen molar-refractivity contribution in [1.82, 2.24) is 4.90 Å². The average molecular weight is 279 g/mol. The Morgan fingerprint density at radius 1 is 1.00 bits per heavy atom. The molecule has 20 heavy (non-hydrogen) atoms. The molecule has 1 aromatic carbocycles. The number of carbonyl (C=O) groups excluding carboxylic acids is 2. The average Bonchev–Trinajstić information content (AvgIpc) is 2.50. The maximum Gasteiger partial charge on any atom is 0.338 e. The lowest BCUT2D eigenvalue weighted by molar-refractivity contribution is 0.0465. The third kappa shape index (κ3) is 4.66. The number of carbonyl (C=O) groups is 2. The molecular formula is C15H21NO4. The van der Waals surface area contributed by atoms with Crippen molar-refractivity contribution in [2.45, 2.75) is 13.8 Å². The van der Waals surface area contributed by atoms with Crippen LogP contribution in [0.25, 0.3) is 0 Å². The predicted octanol–water partition coefficient (Wildman–Crippen LogP) is 1.97. The maximum atomic E-state index is 11.8. The van der Waals surface area contributed by atoms with Crippen LogP contribution >= 0.6 is 0 Å². The molecule has 5 nitrogen and oxygen atoms in total. The third-order valence-electron chi connectivity index (χ3n) is 3.08. The second-order valence-electron chi connectivity index (χ2n) is 4.23. The Labute approximate surface area is 119 Å². The fourth-order valence-electron chi connectivity index (χ4n) is 1.75. The highest BCUT2D eigenvalue weighted by Crippen LogP contribution is 2.07. The number of hydrogen-bond acceptors (Lipinski definition) is 5. The summed E-state index contributed by atoms with van der Waals surface area (Å²) in [4.78, 5) is 25.2. The van der Waals surface area contributed by atoms with Crippen LogP contribution in [0.2, 0.25) is 0 Å². The third-order valence-corrected chi connectivity index (χ3v) is 3.08. The van der Waals surface area contributed by atoms with Gasteiger partial charge in [0, 0.05) is 6.54 Å². The molecule has 0 unspecified atom stereocenters. The molecular weight excluding hydrogens is 258 g/mol. The van der Waals surface area contributed by atoms with Gasteiger partial charge < -0.3 is 14.4 Å². The quantitative estimate of drug-likeness (QED) is 0.714. The van der Waals surface area contributed by atoms with Gasteiger partial charge in [-0.1, -0.05) is 13.8 Å². The SMILES string of the molecule is CCN(CC)CCOC(=O)c1ccc(C(=O)OC)cc1. The fraction of sp³-hybridized carbons (Fsp3) is 0.467. The molecule has 0 saturated carbocycles. The lowest BCUT2D eigenvalue weighted by Gasteiger charge is -2.17. The molecule has 0 bridgehead atoms. The van der Waals surface area contributed by atoms with Gasteiger partial charge in [0.25, 0.3) is 0 Å². The van der Waals surface area contributed by atoms with E-state index >= 15 is 0 Å². The Morgan fingerprint density at radius 2 is 1.50 bits per heavy atom. The van der Waals surface area contributed by atoms with E-state index in [1.165, 1.54) is 7.11 Å². The molecule has 0 saturated heterocycles. The van der Waals surface area contributed by atoms with Crippen molar-refractivity contribution in [2.24, 2.45) is 0 Å². The lowest BCUT2D eigenvalue weighted by Crippen LogP contribution is -2.27. The van der Waals surface area contributed by atoms with E-state index in [2.05, 4.69) is 23.5 Å². The number of methoxy groups -OCH3 is 1. The molecule has 0 heterocycles. The van der Waals surface area contributed by atoms with Crippen molar-refractivity contribution >= 4 is 11.9 Å². The molecule has 0 aliphatic carbocycles. The normalized spacial score (nSPS) is 10.4. The van der Waals surface area contributed by atoms with Crippen LogP contribution in [0.4, 0.5) is 0 Å². The van der Waals surface area contributed by atoms with Crippen LogP contribution in [0.15, 0.2) is 24.3 Å². The second-order valence-corrected chi connectivity index (χ2v) is 4.23. The molecule has 0 spiro atoms. The van der Waals surface area contributed by atoms with E-state index in [9.17, 15) is 9.59 Å². The summed E-state index contributed by atoms with van der Waals surface area (Å²) in [5, 5.41) is 0. The summed E-state index contributed by atoms with van der Waals surface area (Å²) in [6, 6.07) is 6.22. The molecule has 0 N–H and O–H groups in total. The summed E-state index contributed by atoms with van der Waals surface area (Å²) in [5.41, 5.74) is 0.837. The highest BCUT2D eigenvalue weighted by atomic mass is 16.5. The highest BCUT2D eigenvalue weighted by Gasteiger charge is 2.10. The first-order chi connectivity index (χ1) is 9.62. The minimum Gasteiger partial charge on any atom is -0.465 e. The van der Waals surface area contributed by atoms with Gasteiger partial charge in [-0.3, -0.25) is 0 Å². The van der Waals surface area contributed by atoms with Gasteiger partial charge in [-0.25, -0.2) is 9.59 Å². The van der Waals surface area contributed by atoms with Crippen LogP contribution in [0.5, 0.6) is 0 Å². The van der Waals surface area contributed by atoms with Gasteiger partial charge in [-0.05, 0) is 37.4 Å². The van der Waals surface area contributed by atoms with Gasteiger partial charge in [-0.2, -0.15) is 0 Å². The number of hydrogen-bond donors (Lipinski definition) is 0. The molecule has 0 aliphatic heterocycles. The number of rotatable bonds is 7. The minimum absolute atomic E-state index is 0.360. The van der Waals surface area contributed by atoms with E-state index in [0.717, 1.165) is 19.6 Å². The van der Waals surface area contributed by atoms with Crippen LogP contribution < -0.4 is 0 Å². The van der Waals surface area contributed by atoms with Crippen LogP contribution in [0.1, 0.15) is 34.6 Å². The van der Waals surface area contributed by atoms with Crippen LogP contribution in [-0.4, -0.2) is 50.2 Å². The first kappa shape index (κ1) is 16.2. The van der Waals surface area contributed by atoms with E-state index in [1.807, 2.05) is 0 Å². The molecule has 1 aromatic rings. The number of esters is 2. The molecule has 0 atom stereocenters. The summed E-state index contributed by atoms with van der Waals surface area (Å²) in [6.07, 6.45) is 0. The van der Waals surface area contributed by atoms with Crippen LogP contribution in [0, 0.1) is 0 Å². The van der Waals surface area contributed by atoms with E-state index < -0.39 is 5.97 Å². The summed E-state index contributed by atoms with van der Waals surface area (Å²) in [5.74, 6) is -0.806. The highest BCUT2D eigenvalue weighted by molar-refractivity contribution is 5.93. The second kappa shape index (κ2) is 8.32. The molecule has 0 amide bonds. The van der Waals surface area contributed by atoms with Crippen molar-refractivity contribution in [2.75, 3.05) is 33.4 Å². The van der Waals surface area contributed by atoms with E-state index in [4.69, 9.17) is 4.74 Å². The molecule has 1 rings (SSSR count). The summed E-state index contributed by atoms with van der Waals surface area (Å²) >= 11 is 0. The maximum absolute atomic E-state index is 11.8. The number of nitrogens with zero attached hydrogens (tertiary/aromatic N) is 1. The fourth-order valence-corrected chi connectivity index (χ4v) is 1.75. The zero-order chi connectivity index (χ0) is 15.0. The van der Waals surface area contributed by atoms with Gasteiger partial charge >= 0.3 is 11.9 Å². The largest absolute Gasteiger partial charge is 0.465 e. The smallest absolute Gasteiger partial charge is 0.338 e. The number of benzene rings is 1. The molecule has 0 aliphatic rings. The lowest BCUT2D eigenvalue weighted by atomic mass is 10.1. The van der Waals surface area contributed by atoms with Crippen molar-refractivity contribution in [3.63, 3.8) is 0 Å². The first-order valence-corrected chi connectivity index (χ1v) is 6.70. The summed E-state index contributed by atoms with van der Waals surface area (Å²) in [6.45, 7) is 7.08. The first-order valence-electron chi connectivity index (χ1n) is 6.70. The molecule has 0 fully saturated rings.